The predicted molar refractivity (Wildman–Crippen MR) is 110 cm³/mol. The van der Waals surface area contributed by atoms with Crippen LogP contribution in [0.15, 0.2) is 60.7 Å². The highest BCUT2D eigenvalue weighted by molar-refractivity contribution is 6.10. The molecule has 0 fully saturated rings. The summed E-state index contributed by atoms with van der Waals surface area (Å²) >= 11 is 0. The molecule has 5 nitrogen and oxygen atoms in total. The van der Waals surface area contributed by atoms with Gasteiger partial charge in [-0.3, -0.25) is 14.8 Å². The van der Waals surface area contributed by atoms with Gasteiger partial charge in [0.05, 0.1) is 18.8 Å². The van der Waals surface area contributed by atoms with Crippen LogP contribution in [0.5, 0.6) is 5.75 Å². The van der Waals surface area contributed by atoms with Gasteiger partial charge in [0.1, 0.15) is 17.3 Å². The summed E-state index contributed by atoms with van der Waals surface area (Å²) in [4.78, 5) is 15.0. The molecule has 4 rings (SSSR count). The number of aromatic nitrogens is 2. The van der Waals surface area contributed by atoms with Crippen LogP contribution in [0.3, 0.4) is 0 Å². The van der Waals surface area contributed by atoms with Gasteiger partial charge in [-0.05, 0) is 61.7 Å². The number of fused-ring (bicyclic) bond motifs is 1. The molecule has 0 saturated heterocycles. The molecule has 3 aromatic rings. The first-order valence-corrected chi connectivity index (χ1v) is 9.44. The standard InChI is InChI=1S/C23H22FN3O2/c1-14(2)4-13-19-20-21(26-25-19)23(28)27(17-9-11-18(29-3)12-10-17)22(20)15-5-7-16(24)8-6-15/h5-12,22H,1,4,13H2,2-3H3,(H,25,26). The van der Waals surface area contributed by atoms with Crippen molar-refractivity contribution in [1.82, 2.24) is 10.2 Å². The Morgan fingerprint density at radius 2 is 1.90 bits per heavy atom. The summed E-state index contributed by atoms with van der Waals surface area (Å²) in [6, 6.07) is 13.2. The molecular formula is C23H22FN3O2. The Kier molecular flexibility index (Phi) is 4.92. The molecule has 0 saturated carbocycles. The summed E-state index contributed by atoms with van der Waals surface area (Å²) in [5, 5.41) is 7.32. The topological polar surface area (TPSA) is 58.2 Å². The molecule has 6 heteroatoms. The average Bonchev–Trinajstić information content (AvgIpc) is 3.26. The highest BCUT2D eigenvalue weighted by atomic mass is 19.1. The number of carbonyl (C=O) groups is 1. The number of amides is 1. The fraction of sp³-hybridized carbons (Fsp3) is 0.217. The number of ether oxygens (including phenoxy) is 1. The third kappa shape index (κ3) is 3.42. The minimum absolute atomic E-state index is 0.159. The smallest absolute Gasteiger partial charge is 0.277 e. The first-order valence-electron chi connectivity index (χ1n) is 9.44. The molecular weight excluding hydrogens is 369 g/mol. The predicted octanol–water partition coefficient (Wildman–Crippen LogP) is 4.82. The maximum Gasteiger partial charge on any atom is 0.277 e. The van der Waals surface area contributed by atoms with E-state index in [0.717, 1.165) is 34.5 Å². The number of allylic oxidation sites excluding steroid dienone is 1. The number of benzene rings is 2. The van der Waals surface area contributed by atoms with Crippen LogP contribution in [0.25, 0.3) is 0 Å². The first kappa shape index (κ1) is 18.9. The molecule has 0 spiro atoms. The van der Waals surface area contributed by atoms with Crippen molar-refractivity contribution in [2.75, 3.05) is 12.0 Å². The Balaban J connectivity index is 1.82. The van der Waals surface area contributed by atoms with Gasteiger partial charge in [0.25, 0.3) is 5.91 Å². The van der Waals surface area contributed by atoms with Crippen molar-refractivity contribution in [2.24, 2.45) is 0 Å². The third-order valence-electron chi connectivity index (χ3n) is 5.17. The Morgan fingerprint density at radius 3 is 2.52 bits per heavy atom. The molecule has 29 heavy (non-hydrogen) atoms. The summed E-state index contributed by atoms with van der Waals surface area (Å²) in [7, 11) is 1.60. The van der Waals surface area contributed by atoms with Crippen LogP contribution in [-0.2, 0) is 6.42 Å². The second-order valence-electron chi connectivity index (χ2n) is 7.24. The van der Waals surface area contributed by atoms with E-state index < -0.39 is 0 Å². The highest BCUT2D eigenvalue weighted by Gasteiger charge is 2.42. The van der Waals surface area contributed by atoms with E-state index in [9.17, 15) is 9.18 Å². The van der Waals surface area contributed by atoms with Gasteiger partial charge in [-0.2, -0.15) is 5.10 Å². The number of carbonyl (C=O) groups excluding carboxylic acids is 1. The van der Waals surface area contributed by atoms with Crippen LogP contribution in [0.2, 0.25) is 0 Å². The van der Waals surface area contributed by atoms with Gasteiger partial charge in [-0.25, -0.2) is 4.39 Å². The fourth-order valence-corrected chi connectivity index (χ4v) is 3.70. The van der Waals surface area contributed by atoms with E-state index in [4.69, 9.17) is 4.74 Å². The average molecular weight is 391 g/mol. The SMILES string of the molecule is C=C(C)CCc1n[nH]c2c1C(c1ccc(F)cc1)N(c1ccc(OC)cc1)C2=O. The van der Waals surface area contributed by atoms with E-state index in [1.54, 1.807) is 24.1 Å². The molecule has 148 valence electrons. The largest absolute Gasteiger partial charge is 0.497 e. The lowest BCUT2D eigenvalue weighted by atomic mass is 9.96. The lowest BCUT2D eigenvalue weighted by Crippen LogP contribution is -2.29. The van der Waals surface area contributed by atoms with E-state index in [-0.39, 0.29) is 17.8 Å². The molecule has 1 unspecified atom stereocenters. The van der Waals surface area contributed by atoms with E-state index in [1.807, 2.05) is 31.2 Å². The van der Waals surface area contributed by atoms with Crippen molar-refractivity contribution in [3.8, 4) is 5.75 Å². The third-order valence-corrected chi connectivity index (χ3v) is 5.17. The zero-order valence-corrected chi connectivity index (χ0v) is 16.4. The number of H-pyrrole nitrogens is 1. The van der Waals surface area contributed by atoms with Gasteiger partial charge < -0.3 is 4.74 Å². The zero-order valence-electron chi connectivity index (χ0n) is 16.4. The number of aromatic amines is 1. The van der Waals surface area contributed by atoms with E-state index in [0.29, 0.717) is 17.9 Å². The lowest BCUT2D eigenvalue weighted by Gasteiger charge is -2.26. The Bertz CT molecular complexity index is 1050. The minimum Gasteiger partial charge on any atom is -0.497 e. The number of aryl methyl sites for hydroxylation is 1. The maximum absolute atomic E-state index is 13.6. The van der Waals surface area contributed by atoms with Gasteiger partial charge in [0, 0.05) is 11.3 Å². The van der Waals surface area contributed by atoms with Crippen molar-refractivity contribution in [3.05, 3.63) is 89.0 Å². The molecule has 0 bridgehead atoms. The quantitative estimate of drug-likeness (QED) is 0.613. The van der Waals surface area contributed by atoms with Gasteiger partial charge in [-0.15, -0.1) is 6.58 Å². The Labute approximate surface area is 168 Å². The molecule has 1 aromatic heterocycles. The fourth-order valence-electron chi connectivity index (χ4n) is 3.70. The van der Waals surface area contributed by atoms with Crippen molar-refractivity contribution in [1.29, 1.82) is 0 Å². The zero-order chi connectivity index (χ0) is 20.5. The number of nitrogens with one attached hydrogen (secondary N) is 1. The van der Waals surface area contributed by atoms with Gasteiger partial charge in [0.15, 0.2) is 0 Å². The van der Waals surface area contributed by atoms with Crippen LogP contribution < -0.4 is 9.64 Å². The first-order chi connectivity index (χ1) is 14.0. The van der Waals surface area contributed by atoms with Crippen LogP contribution in [-0.4, -0.2) is 23.2 Å². The Hall–Kier alpha value is -3.41. The van der Waals surface area contributed by atoms with E-state index in [2.05, 4.69) is 16.8 Å². The second-order valence-corrected chi connectivity index (χ2v) is 7.24. The number of rotatable bonds is 6. The molecule has 2 heterocycles. The number of hydrogen-bond donors (Lipinski definition) is 1. The van der Waals surface area contributed by atoms with Crippen LogP contribution in [0.4, 0.5) is 10.1 Å². The second kappa shape index (κ2) is 7.54. The molecule has 2 aromatic carbocycles. The van der Waals surface area contributed by atoms with Gasteiger partial charge in [-0.1, -0.05) is 17.7 Å². The highest BCUT2D eigenvalue weighted by Crippen LogP contribution is 2.43. The number of nitrogens with zero attached hydrogens (tertiary/aromatic N) is 2. The number of methoxy groups -OCH3 is 1. The molecule has 1 aliphatic rings. The van der Waals surface area contributed by atoms with Gasteiger partial charge >= 0.3 is 0 Å². The summed E-state index contributed by atoms with van der Waals surface area (Å²) < 4.78 is 18.8. The summed E-state index contributed by atoms with van der Waals surface area (Å²) in [5.74, 6) is 0.235. The Morgan fingerprint density at radius 1 is 1.21 bits per heavy atom. The molecule has 1 N–H and O–H groups in total. The van der Waals surface area contributed by atoms with Crippen LogP contribution >= 0.6 is 0 Å². The number of halogens is 1. The summed E-state index contributed by atoms with van der Waals surface area (Å²) in [5.41, 5.74) is 4.77. The van der Waals surface area contributed by atoms with Crippen molar-refractivity contribution in [3.63, 3.8) is 0 Å². The van der Waals surface area contributed by atoms with Gasteiger partial charge in [0.2, 0.25) is 0 Å². The van der Waals surface area contributed by atoms with Crippen molar-refractivity contribution < 1.29 is 13.9 Å². The van der Waals surface area contributed by atoms with E-state index in [1.165, 1.54) is 12.1 Å². The molecule has 1 amide bonds. The molecule has 0 aliphatic carbocycles. The summed E-state index contributed by atoms with van der Waals surface area (Å²) in [6.45, 7) is 5.93. The normalized spacial score (nSPS) is 15.5. The van der Waals surface area contributed by atoms with Crippen molar-refractivity contribution >= 4 is 11.6 Å². The van der Waals surface area contributed by atoms with E-state index >= 15 is 0 Å². The number of anilines is 1. The maximum atomic E-state index is 13.6. The minimum atomic E-state index is -0.384. The molecule has 1 atom stereocenters. The molecule has 1 aliphatic heterocycles. The lowest BCUT2D eigenvalue weighted by molar-refractivity contribution is 0.0988. The molecule has 0 radical (unpaired) electrons. The van der Waals surface area contributed by atoms with Crippen LogP contribution in [0.1, 0.15) is 46.7 Å². The number of hydrogen-bond acceptors (Lipinski definition) is 3. The monoisotopic (exact) mass is 391 g/mol. The van der Waals surface area contributed by atoms with Crippen molar-refractivity contribution in [2.45, 2.75) is 25.8 Å². The van der Waals surface area contributed by atoms with Crippen LogP contribution in [0, 0.1) is 5.82 Å². The summed E-state index contributed by atoms with van der Waals surface area (Å²) in [6.07, 6.45) is 1.47.